The van der Waals surface area contributed by atoms with Gasteiger partial charge in [-0.25, -0.2) is 13.1 Å². The molecular formula is C10H18N2O2S3. The average molecular weight is 294 g/mol. The molecule has 0 amide bonds. The number of hydrogen-bond donors (Lipinski definition) is 2. The van der Waals surface area contributed by atoms with Crippen LogP contribution < -0.4 is 10.0 Å². The second-order valence-corrected chi connectivity index (χ2v) is 7.20. The van der Waals surface area contributed by atoms with E-state index in [0.29, 0.717) is 18.0 Å². The van der Waals surface area contributed by atoms with Gasteiger partial charge in [0.25, 0.3) is 0 Å². The third-order valence-corrected chi connectivity index (χ3v) is 5.44. The van der Waals surface area contributed by atoms with Crippen LogP contribution in [-0.4, -0.2) is 34.0 Å². The third kappa shape index (κ3) is 4.59. The summed E-state index contributed by atoms with van der Waals surface area (Å²) >= 11 is 3.18. The van der Waals surface area contributed by atoms with Crippen LogP contribution in [-0.2, 0) is 16.6 Å². The zero-order valence-corrected chi connectivity index (χ0v) is 12.5. The van der Waals surface area contributed by atoms with Crippen LogP contribution in [0.15, 0.2) is 16.3 Å². The van der Waals surface area contributed by atoms with Crippen molar-refractivity contribution < 1.29 is 8.42 Å². The van der Waals surface area contributed by atoms with E-state index in [2.05, 4.69) is 10.0 Å². The summed E-state index contributed by atoms with van der Waals surface area (Å²) in [5.74, 6) is 0.968. The molecule has 98 valence electrons. The largest absolute Gasteiger partial charge is 0.315 e. The molecule has 1 aromatic heterocycles. The molecule has 0 unspecified atom stereocenters. The fourth-order valence-corrected chi connectivity index (χ4v) is 4.32. The highest BCUT2D eigenvalue weighted by Crippen LogP contribution is 2.21. The van der Waals surface area contributed by atoms with E-state index in [-0.39, 0.29) is 0 Å². The van der Waals surface area contributed by atoms with E-state index in [1.54, 1.807) is 17.8 Å². The van der Waals surface area contributed by atoms with Gasteiger partial charge in [-0.1, -0.05) is 0 Å². The maximum atomic E-state index is 12.0. The lowest BCUT2D eigenvalue weighted by molar-refractivity contribution is 0.580. The Bertz CT molecular complexity index is 429. The lowest BCUT2D eigenvalue weighted by Crippen LogP contribution is -2.26. The Hall–Kier alpha value is -0.0800. The molecule has 0 fully saturated rings. The number of thioether (sulfide) groups is 1. The van der Waals surface area contributed by atoms with Crippen LogP contribution in [0.5, 0.6) is 0 Å². The molecule has 1 aromatic rings. The van der Waals surface area contributed by atoms with Crippen molar-refractivity contribution in [3.63, 3.8) is 0 Å². The van der Waals surface area contributed by atoms with Crippen molar-refractivity contribution in [1.82, 2.24) is 10.0 Å². The third-order valence-electron chi connectivity index (χ3n) is 2.15. The smallest absolute Gasteiger partial charge is 0.241 e. The van der Waals surface area contributed by atoms with Gasteiger partial charge in [-0.2, -0.15) is 11.8 Å². The van der Waals surface area contributed by atoms with E-state index in [1.165, 1.54) is 11.3 Å². The standard InChI is InChI=1S/C10H18N2O2S3/c1-11-8-9-10(4-7-16-9)17(13,14)12-5-3-6-15-2/h4,7,11-12H,3,5-6,8H2,1-2H3. The molecule has 0 spiro atoms. The molecule has 0 aromatic carbocycles. The number of sulfonamides is 1. The molecule has 0 aliphatic heterocycles. The fourth-order valence-electron chi connectivity index (χ4n) is 1.36. The minimum atomic E-state index is -3.34. The zero-order chi connectivity index (χ0) is 12.7. The highest BCUT2D eigenvalue weighted by Gasteiger charge is 2.18. The quantitative estimate of drug-likeness (QED) is 0.713. The zero-order valence-electron chi connectivity index (χ0n) is 10.0. The molecule has 0 bridgehead atoms. The van der Waals surface area contributed by atoms with E-state index in [1.807, 2.05) is 18.7 Å². The van der Waals surface area contributed by atoms with Gasteiger partial charge in [0, 0.05) is 18.0 Å². The molecule has 0 radical (unpaired) electrons. The maximum absolute atomic E-state index is 12.0. The highest BCUT2D eigenvalue weighted by molar-refractivity contribution is 7.98. The van der Waals surface area contributed by atoms with Crippen molar-refractivity contribution in [2.24, 2.45) is 0 Å². The molecule has 17 heavy (non-hydrogen) atoms. The van der Waals surface area contributed by atoms with Gasteiger partial charge in [-0.3, -0.25) is 0 Å². The Morgan fingerprint density at radius 1 is 1.47 bits per heavy atom. The first-order valence-electron chi connectivity index (χ1n) is 5.31. The fraction of sp³-hybridized carbons (Fsp3) is 0.600. The van der Waals surface area contributed by atoms with Crippen LogP contribution in [0.3, 0.4) is 0 Å². The highest BCUT2D eigenvalue weighted by atomic mass is 32.2. The molecule has 0 aliphatic carbocycles. The number of rotatable bonds is 8. The molecular weight excluding hydrogens is 276 g/mol. The molecule has 7 heteroatoms. The summed E-state index contributed by atoms with van der Waals surface area (Å²) in [5.41, 5.74) is 0. The summed E-state index contributed by atoms with van der Waals surface area (Å²) in [6.45, 7) is 1.08. The Kier molecular flexibility index (Phi) is 6.50. The van der Waals surface area contributed by atoms with Gasteiger partial charge >= 0.3 is 0 Å². The van der Waals surface area contributed by atoms with E-state index in [4.69, 9.17) is 0 Å². The summed E-state index contributed by atoms with van der Waals surface area (Å²) in [6.07, 6.45) is 2.87. The summed E-state index contributed by atoms with van der Waals surface area (Å²) < 4.78 is 26.7. The molecule has 4 nitrogen and oxygen atoms in total. The van der Waals surface area contributed by atoms with Crippen molar-refractivity contribution >= 4 is 33.1 Å². The Balaban J connectivity index is 2.65. The van der Waals surface area contributed by atoms with E-state index >= 15 is 0 Å². The maximum Gasteiger partial charge on any atom is 0.241 e. The second-order valence-electron chi connectivity index (χ2n) is 3.48. The van der Waals surface area contributed by atoms with Gasteiger partial charge in [0.15, 0.2) is 0 Å². The van der Waals surface area contributed by atoms with Gasteiger partial charge in [0.1, 0.15) is 0 Å². The average Bonchev–Trinajstić information content (AvgIpc) is 2.74. The Morgan fingerprint density at radius 2 is 2.24 bits per heavy atom. The second kappa shape index (κ2) is 7.38. The first-order valence-corrected chi connectivity index (χ1v) is 9.07. The molecule has 0 saturated carbocycles. The first-order chi connectivity index (χ1) is 8.11. The van der Waals surface area contributed by atoms with Crippen LogP contribution in [0.4, 0.5) is 0 Å². The lowest BCUT2D eigenvalue weighted by Gasteiger charge is -2.07. The van der Waals surface area contributed by atoms with E-state index in [9.17, 15) is 8.42 Å². The molecule has 2 N–H and O–H groups in total. The van der Waals surface area contributed by atoms with Crippen molar-refractivity contribution in [3.05, 3.63) is 16.3 Å². The minimum absolute atomic E-state index is 0.404. The molecule has 1 rings (SSSR count). The van der Waals surface area contributed by atoms with Gasteiger partial charge in [-0.05, 0) is 36.9 Å². The van der Waals surface area contributed by atoms with Crippen LogP contribution in [0, 0.1) is 0 Å². The number of nitrogens with one attached hydrogen (secondary N) is 2. The molecule has 0 atom stereocenters. The first kappa shape index (κ1) is 15.0. The predicted molar refractivity (Wildman–Crippen MR) is 75.3 cm³/mol. The van der Waals surface area contributed by atoms with E-state index in [0.717, 1.165) is 17.1 Å². The lowest BCUT2D eigenvalue weighted by atomic mass is 10.5. The van der Waals surface area contributed by atoms with Crippen LogP contribution in [0.2, 0.25) is 0 Å². The Labute approximate surface area is 111 Å². The number of hydrogen-bond acceptors (Lipinski definition) is 5. The summed E-state index contributed by atoms with van der Waals surface area (Å²) in [5, 5.41) is 4.78. The van der Waals surface area contributed by atoms with Gasteiger partial charge < -0.3 is 5.32 Å². The summed E-state index contributed by atoms with van der Waals surface area (Å²) in [7, 11) is -1.53. The van der Waals surface area contributed by atoms with Gasteiger partial charge in [0.2, 0.25) is 10.0 Å². The van der Waals surface area contributed by atoms with Gasteiger partial charge in [0.05, 0.1) is 4.90 Å². The normalized spacial score (nSPS) is 11.9. The minimum Gasteiger partial charge on any atom is -0.315 e. The van der Waals surface area contributed by atoms with Gasteiger partial charge in [-0.15, -0.1) is 11.3 Å². The SMILES string of the molecule is CNCc1sccc1S(=O)(=O)NCCCSC. The predicted octanol–water partition coefficient (Wildman–Crippen LogP) is 1.50. The van der Waals surface area contributed by atoms with Crippen molar-refractivity contribution in [2.45, 2.75) is 17.9 Å². The van der Waals surface area contributed by atoms with Crippen LogP contribution in [0.1, 0.15) is 11.3 Å². The van der Waals surface area contributed by atoms with Crippen molar-refractivity contribution in [3.8, 4) is 0 Å². The summed E-state index contributed by atoms with van der Waals surface area (Å²) in [6, 6.07) is 1.66. The molecule has 0 aliphatic rings. The van der Waals surface area contributed by atoms with Crippen molar-refractivity contribution in [2.75, 3.05) is 25.6 Å². The topological polar surface area (TPSA) is 58.2 Å². The van der Waals surface area contributed by atoms with Crippen molar-refractivity contribution in [1.29, 1.82) is 0 Å². The molecule has 1 heterocycles. The monoisotopic (exact) mass is 294 g/mol. The Morgan fingerprint density at radius 3 is 2.88 bits per heavy atom. The molecule has 0 saturated heterocycles. The number of thiophene rings is 1. The van der Waals surface area contributed by atoms with E-state index < -0.39 is 10.0 Å². The summed E-state index contributed by atoms with van der Waals surface area (Å²) in [4.78, 5) is 1.26. The van der Waals surface area contributed by atoms with Crippen LogP contribution >= 0.6 is 23.1 Å². The van der Waals surface area contributed by atoms with Crippen LogP contribution in [0.25, 0.3) is 0 Å².